The highest BCUT2D eigenvalue weighted by molar-refractivity contribution is 7.13. The third-order valence-electron chi connectivity index (χ3n) is 2.93. The molecular weight excluding hydrogens is 343 g/mol. The number of aryl methyl sites for hydroxylation is 2. The number of anilines is 1. The fraction of sp³-hybridized carbons (Fsp3) is 0.267. The largest absolute Gasteiger partial charge is 0.448 e. The smallest absolute Gasteiger partial charge is 0.351 e. The van der Waals surface area contributed by atoms with Crippen LogP contribution in [-0.4, -0.2) is 23.0 Å². The predicted octanol–water partition coefficient (Wildman–Crippen LogP) is 3.74. The van der Waals surface area contributed by atoms with Crippen LogP contribution in [0.5, 0.6) is 0 Å². The normalized spacial score (nSPS) is 11.9. The zero-order valence-electron chi connectivity index (χ0n) is 12.6. The van der Waals surface area contributed by atoms with Crippen molar-refractivity contribution in [3.63, 3.8) is 0 Å². The van der Waals surface area contributed by atoms with Crippen LogP contribution in [0.25, 0.3) is 0 Å². The van der Waals surface area contributed by atoms with Crippen LogP contribution >= 0.6 is 22.9 Å². The number of rotatable bonds is 4. The Morgan fingerprint density at radius 1 is 1.39 bits per heavy atom. The van der Waals surface area contributed by atoms with Crippen molar-refractivity contribution < 1.29 is 18.7 Å². The Morgan fingerprint density at radius 3 is 2.65 bits per heavy atom. The summed E-state index contributed by atoms with van der Waals surface area (Å²) >= 11 is 6.83. The van der Waals surface area contributed by atoms with Gasteiger partial charge in [-0.25, -0.2) is 14.2 Å². The summed E-state index contributed by atoms with van der Waals surface area (Å²) in [6.45, 7) is 4.87. The van der Waals surface area contributed by atoms with Gasteiger partial charge in [0.1, 0.15) is 10.7 Å². The molecule has 1 heterocycles. The van der Waals surface area contributed by atoms with Crippen LogP contribution in [0, 0.1) is 19.7 Å². The first-order valence-electron chi connectivity index (χ1n) is 6.69. The van der Waals surface area contributed by atoms with Crippen LogP contribution in [0.2, 0.25) is 5.02 Å². The van der Waals surface area contributed by atoms with Gasteiger partial charge in [-0.3, -0.25) is 4.79 Å². The summed E-state index contributed by atoms with van der Waals surface area (Å²) in [5.74, 6) is -1.94. The molecule has 0 aliphatic rings. The van der Waals surface area contributed by atoms with Crippen molar-refractivity contribution in [3.8, 4) is 0 Å². The van der Waals surface area contributed by atoms with Crippen molar-refractivity contribution in [3.05, 3.63) is 44.6 Å². The monoisotopic (exact) mass is 356 g/mol. The molecule has 1 aromatic heterocycles. The van der Waals surface area contributed by atoms with Gasteiger partial charge in [-0.1, -0.05) is 11.6 Å². The topological polar surface area (TPSA) is 68.3 Å². The fourth-order valence-electron chi connectivity index (χ4n) is 1.81. The van der Waals surface area contributed by atoms with Crippen molar-refractivity contribution >= 4 is 40.5 Å². The highest BCUT2D eigenvalue weighted by atomic mass is 35.5. The number of carbonyl (C=O) groups is 2. The molecule has 122 valence electrons. The molecule has 1 atom stereocenters. The summed E-state index contributed by atoms with van der Waals surface area (Å²) < 4.78 is 18.7. The van der Waals surface area contributed by atoms with Gasteiger partial charge in [0.15, 0.2) is 6.10 Å². The van der Waals surface area contributed by atoms with Crippen LogP contribution in [0.15, 0.2) is 18.2 Å². The SMILES string of the molecule is Cc1nc(C)c(C(=O)O[C@@H](C)C(=O)Nc2ccc(Cl)cc2F)s1. The lowest BCUT2D eigenvalue weighted by atomic mass is 10.3. The summed E-state index contributed by atoms with van der Waals surface area (Å²) in [5, 5.41) is 3.30. The minimum atomic E-state index is -1.08. The van der Waals surface area contributed by atoms with Gasteiger partial charge in [-0.15, -0.1) is 11.3 Å². The number of carbonyl (C=O) groups excluding carboxylic acids is 2. The molecule has 0 saturated carbocycles. The van der Waals surface area contributed by atoms with Crippen molar-refractivity contribution in [2.75, 3.05) is 5.32 Å². The average molecular weight is 357 g/mol. The van der Waals surface area contributed by atoms with Gasteiger partial charge in [0, 0.05) is 5.02 Å². The van der Waals surface area contributed by atoms with Crippen LogP contribution in [0.3, 0.4) is 0 Å². The van der Waals surface area contributed by atoms with E-state index in [1.54, 1.807) is 13.8 Å². The average Bonchev–Trinajstić information content (AvgIpc) is 2.80. The number of nitrogens with zero attached hydrogens (tertiary/aromatic N) is 1. The number of hydrogen-bond donors (Lipinski definition) is 1. The maximum atomic E-state index is 13.6. The number of hydrogen-bond acceptors (Lipinski definition) is 5. The third-order valence-corrected chi connectivity index (χ3v) is 4.22. The minimum absolute atomic E-state index is 0.0351. The van der Waals surface area contributed by atoms with Crippen LogP contribution in [0.1, 0.15) is 27.3 Å². The second-order valence-electron chi connectivity index (χ2n) is 4.81. The van der Waals surface area contributed by atoms with Crippen molar-refractivity contribution in [2.24, 2.45) is 0 Å². The number of thiazole rings is 1. The lowest BCUT2D eigenvalue weighted by molar-refractivity contribution is -0.123. The first kappa shape index (κ1) is 17.4. The van der Waals surface area contributed by atoms with Crippen molar-refractivity contribution in [1.82, 2.24) is 4.98 Å². The van der Waals surface area contributed by atoms with E-state index < -0.39 is 23.8 Å². The fourth-order valence-corrected chi connectivity index (χ4v) is 2.78. The van der Waals surface area contributed by atoms with E-state index in [1.807, 2.05) is 0 Å². The van der Waals surface area contributed by atoms with Gasteiger partial charge < -0.3 is 10.1 Å². The van der Waals surface area contributed by atoms with E-state index in [0.29, 0.717) is 10.6 Å². The molecule has 0 bridgehead atoms. The molecule has 0 fully saturated rings. The standard InChI is InChI=1S/C15H14ClFN2O3S/c1-7-13(23-9(3)18-7)15(21)22-8(2)14(20)19-12-5-4-10(16)6-11(12)17/h4-6,8H,1-3H3,(H,19,20)/t8-/m0/s1. The molecule has 0 unspecified atom stereocenters. The first-order chi connectivity index (χ1) is 10.8. The summed E-state index contributed by atoms with van der Waals surface area (Å²) in [6.07, 6.45) is -1.08. The van der Waals surface area contributed by atoms with Gasteiger partial charge in [-0.2, -0.15) is 0 Å². The molecule has 0 saturated heterocycles. The van der Waals surface area contributed by atoms with Gasteiger partial charge in [0.25, 0.3) is 5.91 Å². The molecule has 2 aromatic rings. The molecule has 0 spiro atoms. The molecule has 1 amide bonds. The van der Waals surface area contributed by atoms with Gasteiger partial charge in [0.2, 0.25) is 0 Å². The lowest BCUT2D eigenvalue weighted by Gasteiger charge is -2.13. The molecule has 0 aliphatic heterocycles. The maximum Gasteiger partial charge on any atom is 0.351 e. The molecular formula is C15H14ClFN2O3S. The zero-order valence-corrected chi connectivity index (χ0v) is 14.2. The zero-order chi connectivity index (χ0) is 17.1. The van der Waals surface area contributed by atoms with E-state index in [1.165, 1.54) is 30.4 Å². The summed E-state index contributed by atoms with van der Waals surface area (Å²) in [4.78, 5) is 28.5. The molecule has 23 heavy (non-hydrogen) atoms. The van der Waals surface area contributed by atoms with Crippen molar-refractivity contribution in [2.45, 2.75) is 26.9 Å². The number of halogens is 2. The van der Waals surface area contributed by atoms with Gasteiger partial charge in [0.05, 0.1) is 16.4 Å². The van der Waals surface area contributed by atoms with Crippen LogP contribution in [-0.2, 0) is 9.53 Å². The van der Waals surface area contributed by atoms with E-state index in [2.05, 4.69) is 10.3 Å². The Labute approximate surface area is 141 Å². The number of amides is 1. The third kappa shape index (κ3) is 4.27. The van der Waals surface area contributed by atoms with E-state index >= 15 is 0 Å². The Morgan fingerprint density at radius 2 is 2.09 bits per heavy atom. The summed E-state index contributed by atoms with van der Waals surface area (Å²) in [6, 6.07) is 3.86. The molecule has 1 aromatic carbocycles. The molecule has 2 rings (SSSR count). The number of benzene rings is 1. The molecule has 0 radical (unpaired) electrons. The second-order valence-corrected chi connectivity index (χ2v) is 6.45. The maximum absolute atomic E-state index is 13.6. The Balaban J connectivity index is 2.02. The van der Waals surface area contributed by atoms with E-state index in [-0.39, 0.29) is 10.7 Å². The lowest BCUT2D eigenvalue weighted by Crippen LogP contribution is -2.30. The Hall–Kier alpha value is -1.99. The van der Waals surface area contributed by atoms with E-state index in [0.717, 1.165) is 11.1 Å². The van der Waals surface area contributed by atoms with Gasteiger partial charge >= 0.3 is 5.97 Å². The predicted molar refractivity (Wildman–Crippen MR) is 86.5 cm³/mol. The van der Waals surface area contributed by atoms with Crippen LogP contribution in [0.4, 0.5) is 10.1 Å². The van der Waals surface area contributed by atoms with Gasteiger partial charge in [-0.05, 0) is 39.0 Å². The summed E-state index contributed by atoms with van der Waals surface area (Å²) in [7, 11) is 0. The molecule has 1 N–H and O–H groups in total. The molecule has 8 heteroatoms. The summed E-state index contributed by atoms with van der Waals surface area (Å²) in [5.41, 5.74) is 0.515. The Kier molecular flexibility index (Phi) is 5.33. The van der Waals surface area contributed by atoms with Crippen molar-refractivity contribution in [1.29, 1.82) is 0 Å². The van der Waals surface area contributed by atoms with E-state index in [9.17, 15) is 14.0 Å². The number of aromatic nitrogens is 1. The highest BCUT2D eigenvalue weighted by Gasteiger charge is 2.22. The number of nitrogens with one attached hydrogen (secondary N) is 1. The molecule has 0 aliphatic carbocycles. The molecule has 5 nitrogen and oxygen atoms in total. The second kappa shape index (κ2) is 7.06. The highest BCUT2D eigenvalue weighted by Crippen LogP contribution is 2.21. The van der Waals surface area contributed by atoms with Crippen LogP contribution < -0.4 is 5.32 Å². The number of ether oxygens (including phenoxy) is 1. The first-order valence-corrected chi connectivity index (χ1v) is 7.88. The number of esters is 1. The Bertz CT molecular complexity index is 763. The quantitative estimate of drug-likeness (QED) is 0.847. The minimum Gasteiger partial charge on any atom is -0.448 e. The van der Waals surface area contributed by atoms with E-state index in [4.69, 9.17) is 16.3 Å².